The molecule has 0 amide bonds. The first-order valence-corrected chi connectivity index (χ1v) is 10.5. The Balaban J connectivity index is 1.48. The summed E-state index contributed by atoms with van der Waals surface area (Å²) in [7, 11) is 0. The third-order valence-electron chi connectivity index (χ3n) is 6.50. The second kappa shape index (κ2) is 8.02. The van der Waals surface area contributed by atoms with Crippen LogP contribution in [-0.2, 0) is 13.0 Å². The van der Waals surface area contributed by atoms with Gasteiger partial charge in [-0.25, -0.2) is 23.1 Å². The van der Waals surface area contributed by atoms with Gasteiger partial charge in [0.15, 0.2) is 0 Å². The lowest BCUT2D eigenvalue weighted by molar-refractivity contribution is -0.0167. The minimum Gasteiger partial charge on any atom is -0.487 e. The molecule has 0 saturated heterocycles. The van der Waals surface area contributed by atoms with Crippen LogP contribution >= 0.6 is 0 Å². The van der Waals surface area contributed by atoms with Crippen LogP contribution in [0.4, 0.5) is 13.2 Å². The molecule has 1 aromatic carbocycles. The number of ether oxygens (including phenoxy) is 1. The Hall–Kier alpha value is -2.69. The highest BCUT2D eigenvalue weighted by Gasteiger charge is 2.45. The van der Waals surface area contributed by atoms with E-state index in [0.29, 0.717) is 17.8 Å². The Kier molecular flexibility index (Phi) is 5.31. The number of halogens is 3. The second-order valence-electron chi connectivity index (χ2n) is 8.32. The van der Waals surface area contributed by atoms with Gasteiger partial charge in [-0.1, -0.05) is 0 Å². The van der Waals surface area contributed by atoms with Gasteiger partial charge in [-0.15, -0.1) is 0 Å². The fourth-order valence-electron chi connectivity index (χ4n) is 4.78. The number of aromatic nitrogens is 3. The summed E-state index contributed by atoms with van der Waals surface area (Å²) in [4.78, 5) is 8.46. The quantitative estimate of drug-likeness (QED) is 0.568. The van der Waals surface area contributed by atoms with E-state index in [1.165, 1.54) is 6.33 Å². The minimum atomic E-state index is -2.99. The van der Waals surface area contributed by atoms with Crippen LogP contribution in [0.2, 0.25) is 0 Å². The van der Waals surface area contributed by atoms with E-state index in [4.69, 9.17) is 4.74 Å². The monoisotopic (exact) mass is 448 g/mol. The number of hydrogen-bond acceptors (Lipinski definition) is 6. The zero-order valence-electron chi connectivity index (χ0n) is 17.3. The van der Waals surface area contributed by atoms with Crippen molar-refractivity contribution in [3.63, 3.8) is 0 Å². The van der Waals surface area contributed by atoms with Gasteiger partial charge in [0.05, 0.1) is 17.3 Å². The summed E-state index contributed by atoms with van der Waals surface area (Å²) in [6.07, 6.45) is -2.57. The molecule has 1 fully saturated rings. The Labute approximate surface area is 181 Å². The highest BCUT2D eigenvalue weighted by atomic mass is 19.3. The summed E-state index contributed by atoms with van der Waals surface area (Å²) in [5.41, 5.74) is 1.38. The molecule has 3 heterocycles. The Morgan fingerprint density at radius 2 is 2.03 bits per heavy atom. The summed E-state index contributed by atoms with van der Waals surface area (Å²) in [5, 5.41) is 25.4. The fraction of sp³-hybridized carbons (Fsp3) is 0.455. The average Bonchev–Trinajstić information content (AvgIpc) is 3.33. The third kappa shape index (κ3) is 3.33. The molecule has 2 aromatic heterocycles. The smallest absolute Gasteiger partial charge is 0.266 e. The van der Waals surface area contributed by atoms with Gasteiger partial charge in [0.2, 0.25) is 0 Å². The van der Waals surface area contributed by atoms with Crippen molar-refractivity contribution in [3.05, 3.63) is 52.9 Å². The molecule has 0 bridgehead atoms. The normalized spacial score (nSPS) is 25.5. The van der Waals surface area contributed by atoms with E-state index in [9.17, 15) is 23.4 Å². The zero-order valence-corrected chi connectivity index (χ0v) is 17.3. The molecule has 0 spiro atoms. The first-order chi connectivity index (χ1) is 15.4. The predicted octanol–water partition coefficient (Wildman–Crippen LogP) is 2.58. The van der Waals surface area contributed by atoms with Crippen LogP contribution in [0.25, 0.3) is 11.0 Å². The molecule has 4 atom stereocenters. The molecule has 3 N–H and O–H groups in total. The maximum absolute atomic E-state index is 14.6. The van der Waals surface area contributed by atoms with Crippen molar-refractivity contribution in [2.75, 3.05) is 6.54 Å². The van der Waals surface area contributed by atoms with Gasteiger partial charge >= 0.3 is 0 Å². The molecule has 7 nitrogen and oxygen atoms in total. The fourth-order valence-corrected chi connectivity index (χ4v) is 4.78. The van der Waals surface area contributed by atoms with E-state index >= 15 is 0 Å². The second-order valence-corrected chi connectivity index (χ2v) is 8.32. The number of aliphatic hydroxyl groups is 2. The molecule has 0 radical (unpaired) electrons. The summed E-state index contributed by atoms with van der Waals surface area (Å²) >= 11 is 0. The van der Waals surface area contributed by atoms with E-state index in [-0.39, 0.29) is 30.7 Å². The highest BCUT2D eigenvalue weighted by molar-refractivity contribution is 5.78. The van der Waals surface area contributed by atoms with E-state index in [1.54, 1.807) is 10.8 Å². The lowest BCUT2D eigenvalue weighted by atomic mass is 9.96. The number of aliphatic hydroxyl groups excluding tert-OH is 2. The maximum Gasteiger partial charge on any atom is 0.266 e. The van der Waals surface area contributed by atoms with Gasteiger partial charge in [0.1, 0.15) is 41.9 Å². The number of rotatable bonds is 4. The molecular weight excluding hydrogens is 425 g/mol. The lowest BCUT2D eigenvalue weighted by Crippen LogP contribution is -2.35. The predicted molar refractivity (Wildman–Crippen MR) is 109 cm³/mol. The van der Waals surface area contributed by atoms with Crippen molar-refractivity contribution in [1.29, 1.82) is 0 Å². The van der Waals surface area contributed by atoms with Gasteiger partial charge in [-0.3, -0.25) is 0 Å². The molecule has 32 heavy (non-hydrogen) atoms. The van der Waals surface area contributed by atoms with Gasteiger partial charge < -0.3 is 24.8 Å². The molecule has 2 aliphatic rings. The molecule has 1 aliphatic heterocycles. The van der Waals surface area contributed by atoms with Crippen LogP contribution in [0.1, 0.15) is 41.3 Å². The maximum atomic E-state index is 14.6. The summed E-state index contributed by atoms with van der Waals surface area (Å²) in [5.74, 6) is -0.793. The number of benzene rings is 1. The van der Waals surface area contributed by atoms with Gasteiger partial charge in [0.25, 0.3) is 6.43 Å². The van der Waals surface area contributed by atoms with Crippen LogP contribution in [0.5, 0.6) is 5.75 Å². The molecule has 3 aromatic rings. The first-order valence-electron chi connectivity index (χ1n) is 10.5. The number of hydrogen-bond donors (Lipinski definition) is 3. The van der Waals surface area contributed by atoms with Crippen molar-refractivity contribution in [1.82, 2.24) is 19.9 Å². The zero-order chi connectivity index (χ0) is 22.6. The first kappa shape index (κ1) is 21.2. The summed E-state index contributed by atoms with van der Waals surface area (Å²) < 4.78 is 49.2. The number of aryl methyl sites for hydroxylation is 1. The van der Waals surface area contributed by atoms with Crippen molar-refractivity contribution in [2.24, 2.45) is 0 Å². The van der Waals surface area contributed by atoms with Crippen molar-refractivity contribution in [2.45, 2.75) is 57.1 Å². The van der Waals surface area contributed by atoms with Crippen molar-refractivity contribution >= 4 is 11.0 Å². The lowest BCUT2D eigenvalue weighted by Gasteiger charge is -2.26. The van der Waals surface area contributed by atoms with Crippen LogP contribution in [0.3, 0.4) is 0 Å². The molecule has 5 rings (SSSR count). The topological polar surface area (TPSA) is 92.4 Å². The highest BCUT2D eigenvalue weighted by Crippen LogP contribution is 2.39. The minimum absolute atomic E-state index is 0.108. The van der Waals surface area contributed by atoms with Crippen LogP contribution in [0, 0.1) is 12.7 Å². The standard InChI is InChI=1S/C22H23F3N4O3/c1-10-11-3-5-29(22(11)28-9-27-10)15-7-17(20(31)19(15)30)32-16-6-13(21(24)25)18(23)12-2-4-26-8-14(12)16/h3,5-6,9,15,17,19-21,26,30-31H,2,4,7-8H2,1H3. The number of fused-ring (bicyclic) bond motifs is 2. The SMILES string of the molecule is Cc1ncnc2c1ccn2C1CC(Oc2cc(C(F)F)c(F)c3c2CNCC3)C(O)C1O. The number of alkyl halides is 2. The van der Waals surface area contributed by atoms with E-state index in [2.05, 4.69) is 15.3 Å². The molecule has 170 valence electrons. The van der Waals surface area contributed by atoms with Crippen LogP contribution < -0.4 is 10.1 Å². The van der Waals surface area contributed by atoms with E-state index in [0.717, 1.165) is 17.1 Å². The molecule has 10 heteroatoms. The average molecular weight is 448 g/mol. The van der Waals surface area contributed by atoms with Gasteiger partial charge in [0, 0.05) is 30.1 Å². The number of nitrogens with zero attached hydrogens (tertiary/aromatic N) is 3. The third-order valence-corrected chi connectivity index (χ3v) is 6.50. The largest absolute Gasteiger partial charge is 0.487 e. The van der Waals surface area contributed by atoms with E-state index in [1.807, 2.05) is 13.0 Å². The van der Waals surface area contributed by atoms with Crippen molar-refractivity contribution < 1.29 is 28.1 Å². The van der Waals surface area contributed by atoms with Gasteiger partial charge in [-0.05, 0) is 37.6 Å². The van der Waals surface area contributed by atoms with Gasteiger partial charge in [-0.2, -0.15) is 0 Å². The Morgan fingerprint density at radius 3 is 2.81 bits per heavy atom. The summed E-state index contributed by atoms with van der Waals surface area (Å²) in [6.45, 7) is 2.61. The molecule has 1 aliphatic carbocycles. The summed E-state index contributed by atoms with van der Waals surface area (Å²) in [6, 6.07) is 2.32. The Morgan fingerprint density at radius 1 is 1.22 bits per heavy atom. The van der Waals surface area contributed by atoms with Crippen LogP contribution in [0.15, 0.2) is 24.7 Å². The molecule has 4 unspecified atom stereocenters. The molecule has 1 saturated carbocycles. The van der Waals surface area contributed by atoms with E-state index < -0.39 is 42.2 Å². The van der Waals surface area contributed by atoms with Crippen LogP contribution in [-0.4, -0.2) is 49.6 Å². The van der Waals surface area contributed by atoms with Crippen molar-refractivity contribution in [3.8, 4) is 5.75 Å². The number of nitrogens with one attached hydrogen (secondary N) is 1. The Bertz CT molecular complexity index is 1170. The molecular formula is C22H23F3N4O3.